The Morgan fingerprint density at radius 1 is 1.16 bits per heavy atom. The van der Waals surface area contributed by atoms with Crippen molar-refractivity contribution in [3.8, 4) is 0 Å². The first-order valence-corrected chi connectivity index (χ1v) is 9.97. The van der Waals surface area contributed by atoms with Gasteiger partial charge in [0.15, 0.2) is 6.54 Å². The van der Waals surface area contributed by atoms with Crippen LogP contribution in [-0.2, 0) is 11.2 Å². The summed E-state index contributed by atoms with van der Waals surface area (Å²) in [6.07, 6.45) is 0.983. The van der Waals surface area contributed by atoms with Crippen molar-refractivity contribution in [2.24, 2.45) is 0 Å². The maximum Gasteiger partial charge on any atom is 0.279 e. The van der Waals surface area contributed by atoms with Crippen LogP contribution >= 0.6 is 22.7 Å². The van der Waals surface area contributed by atoms with E-state index in [1.165, 1.54) is 26.3 Å². The number of benzene rings is 1. The molecule has 2 atom stereocenters. The molecular weight excluding hydrogens is 355 g/mol. The molecule has 3 heterocycles. The number of anilines is 1. The molecular formula is C19H18FN2OS2+. The average Bonchev–Trinajstić information content (AvgIpc) is 3.28. The number of hydrogen-bond donors (Lipinski definition) is 2. The molecule has 3 aromatic rings. The lowest BCUT2D eigenvalue weighted by Crippen LogP contribution is -3.14. The lowest BCUT2D eigenvalue weighted by atomic mass is 9.98. The summed E-state index contributed by atoms with van der Waals surface area (Å²) in [6, 6.07) is 12.8. The van der Waals surface area contributed by atoms with Gasteiger partial charge in [-0.1, -0.05) is 18.2 Å². The van der Waals surface area contributed by atoms with Crippen molar-refractivity contribution >= 4 is 34.3 Å². The lowest BCUT2D eigenvalue weighted by molar-refractivity contribution is -0.919. The molecule has 0 radical (unpaired) electrons. The van der Waals surface area contributed by atoms with E-state index in [1.807, 2.05) is 0 Å². The van der Waals surface area contributed by atoms with E-state index in [9.17, 15) is 9.18 Å². The number of carbonyl (C=O) groups is 1. The van der Waals surface area contributed by atoms with Crippen LogP contribution in [0.2, 0.25) is 0 Å². The molecule has 0 aliphatic carbocycles. The number of halogens is 1. The molecule has 1 aliphatic heterocycles. The number of para-hydroxylation sites is 1. The van der Waals surface area contributed by atoms with Gasteiger partial charge in [-0.05, 0) is 35.0 Å². The Labute approximate surface area is 153 Å². The third-order valence-electron chi connectivity index (χ3n) is 4.54. The van der Waals surface area contributed by atoms with Gasteiger partial charge >= 0.3 is 0 Å². The summed E-state index contributed by atoms with van der Waals surface area (Å²) in [5, 5.41) is 6.92. The van der Waals surface area contributed by atoms with Gasteiger partial charge in [0.1, 0.15) is 11.9 Å². The normalized spacial score (nSPS) is 19.4. The molecule has 0 saturated heterocycles. The topological polar surface area (TPSA) is 33.5 Å². The van der Waals surface area contributed by atoms with Gasteiger partial charge in [0.05, 0.1) is 17.1 Å². The summed E-state index contributed by atoms with van der Waals surface area (Å²) in [6.45, 7) is 1.23. The van der Waals surface area contributed by atoms with E-state index in [0.29, 0.717) is 6.54 Å². The number of quaternary nitrogens is 1. The predicted octanol–water partition coefficient (Wildman–Crippen LogP) is 3.12. The van der Waals surface area contributed by atoms with Crippen LogP contribution in [0.15, 0.2) is 53.2 Å². The maximum atomic E-state index is 13.8. The second-order valence-corrected chi connectivity index (χ2v) is 8.09. The van der Waals surface area contributed by atoms with Crippen LogP contribution in [0.1, 0.15) is 21.4 Å². The number of fused-ring (bicyclic) bond motifs is 1. The summed E-state index contributed by atoms with van der Waals surface area (Å²) in [5.74, 6) is -0.556. The minimum atomic E-state index is -0.403. The molecule has 2 N–H and O–H groups in total. The SMILES string of the molecule is O=C(C[NH+]1CCc2sccc2[C@H]1c1cccs1)Nc1ccccc1F. The van der Waals surface area contributed by atoms with Crippen LogP contribution in [-0.4, -0.2) is 19.0 Å². The molecule has 25 heavy (non-hydrogen) atoms. The van der Waals surface area contributed by atoms with Crippen molar-refractivity contribution in [2.75, 3.05) is 18.4 Å². The summed E-state index contributed by atoms with van der Waals surface area (Å²) in [4.78, 5) is 16.4. The first-order valence-electron chi connectivity index (χ1n) is 8.21. The molecule has 1 aromatic carbocycles. The zero-order valence-electron chi connectivity index (χ0n) is 13.5. The Bertz CT molecular complexity index is 875. The molecule has 2 aromatic heterocycles. The van der Waals surface area contributed by atoms with Crippen LogP contribution in [0.4, 0.5) is 10.1 Å². The molecule has 1 unspecified atom stereocenters. The molecule has 4 rings (SSSR count). The molecule has 0 saturated carbocycles. The van der Waals surface area contributed by atoms with Crippen LogP contribution in [0.3, 0.4) is 0 Å². The molecule has 0 bridgehead atoms. The van der Waals surface area contributed by atoms with Gasteiger partial charge in [-0.3, -0.25) is 4.79 Å². The summed E-state index contributed by atoms with van der Waals surface area (Å²) in [7, 11) is 0. The molecule has 1 aliphatic rings. The highest BCUT2D eigenvalue weighted by molar-refractivity contribution is 7.10. The average molecular weight is 373 g/mol. The highest BCUT2D eigenvalue weighted by Crippen LogP contribution is 2.31. The molecule has 6 heteroatoms. The van der Waals surface area contributed by atoms with Crippen molar-refractivity contribution < 1.29 is 14.1 Å². The molecule has 3 nitrogen and oxygen atoms in total. The van der Waals surface area contributed by atoms with Crippen molar-refractivity contribution in [1.29, 1.82) is 0 Å². The zero-order valence-corrected chi connectivity index (χ0v) is 15.1. The summed E-state index contributed by atoms with van der Waals surface area (Å²) in [5.41, 5.74) is 1.57. The van der Waals surface area contributed by atoms with Crippen molar-refractivity contribution in [3.63, 3.8) is 0 Å². The Balaban J connectivity index is 1.55. The van der Waals surface area contributed by atoms with Gasteiger partial charge in [-0.2, -0.15) is 0 Å². The van der Waals surface area contributed by atoms with Gasteiger partial charge in [-0.15, -0.1) is 22.7 Å². The zero-order chi connectivity index (χ0) is 17.2. The Hall–Kier alpha value is -2.02. The monoisotopic (exact) mass is 373 g/mol. The number of rotatable bonds is 4. The number of carbonyl (C=O) groups excluding carboxylic acids is 1. The third kappa shape index (κ3) is 3.38. The quantitative estimate of drug-likeness (QED) is 0.724. The molecule has 0 spiro atoms. The smallest absolute Gasteiger partial charge is 0.279 e. The second-order valence-electron chi connectivity index (χ2n) is 6.11. The van der Waals surface area contributed by atoms with Crippen molar-refractivity contribution in [3.05, 3.63) is 74.4 Å². The fourth-order valence-electron chi connectivity index (χ4n) is 3.41. The van der Waals surface area contributed by atoms with E-state index < -0.39 is 5.82 Å². The fourth-order valence-corrected chi connectivity index (χ4v) is 5.23. The third-order valence-corrected chi connectivity index (χ3v) is 6.47. The first-order chi connectivity index (χ1) is 12.2. The van der Waals surface area contributed by atoms with E-state index in [2.05, 4.69) is 34.3 Å². The number of nitrogens with one attached hydrogen (secondary N) is 2. The van der Waals surface area contributed by atoms with E-state index in [4.69, 9.17) is 0 Å². The van der Waals surface area contributed by atoms with Crippen LogP contribution < -0.4 is 10.2 Å². The van der Waals surface area contributed by atoms with Crippen molar-refractivity contribution in [2.45, 2.75) is 12.5 Å². The lowest BCUT2D eigenvalue weighted by Gasteiger charge is -2.31. The van der Waals surface area contributed by atoms with Crippen LogP contribution in [0.25, 0.3) is 0 Å². The van der Waals surface area contributed by atoms with Crippen LogP contribution in [0, 0.1) is 5.82 Å². The number of amides is 1. The maximum absolute atomic E-state index is 13.8. The molecule has 128 valence electrons. The van der Waals surface area contributed by atoms with E-state index in [1.54, 1.807) is 40.9 Å². The standard InChI is InChI=1S/C19H17FN2OS2/c20-14-4-1-2-5-15(14)21-18(23)12-22-9-7-16-13(8-11-25-16)19(22)17-6-3-10-24-17/h1-6,8,10-11,19H,7,9,12H2,(H,21,23)/p+1/t19-/m0/s1. The van der Waals surface area contributed by atoms with E-state index in [0.717, 1.165) is 13.0 Å². The minimum Gasteiger partial charge on any atom is -0.319 e. The Kier molecular flexibility index (Phi) is 4.65. The van der Waals surface area contributed by atoms with E-state index >= 15 is 0 Å². The Morgan fingerprint density at radius 3 is 2.84 bits per heavy atom. The second kappa shape index (κ2) is 7.07. The van der Waals surface area contributed by atoms with Gasteiger partial charge in [0.25, 0.3) is 5.91 Å². The number of hydrogen-bond acceptors (Lipinski definition) is 3. The summed E-state index contributed by atoms with van der Waals surface area (Å²) < 4.78 is 13.8. The van der Waals surface area contributed by atoms with E-state index in [-0.39, 0.29) is 17.6 Å². The molecule has 1 amide bonds. The van der Waals surface area contributed by atoms with Gasteiger partial charge in [0, 0.05) is 16.9 Å². The van der Waals surface area contributed by atoms with Crippen molar-refractivity contribution in [1.82, 2.24) is 0 Å². The fraction of sp³-hybridized carbons (Fsp3) is 0.211. The highest BCUT2D eigenvalue weighted by Gasteiger charge is 2.35. The largest absolute Gasteiger partial charge is 0.319 e. The predicted molar refractivity (Wildman–Crippen MR) is 99.9 cm³/mol. The minimum absolute atomic E-state index is 0.152. The highest BCUT2D eigenvalue weighted by atomic mass is 32.1. The first kappa shape index (κ1) is 16.4. The van der Waals surface area contributed by atoms with Gasteiger partial charge in [-0.25, -0.2) is 4.39 Å². The Morgan fingerprint density at radius 2 is 2.04 bits per heavy atom. The number of thiophene rings is 2. The van der Waals surface area contributed by atoms with Gasteiger partial charge in [0.2, 0.25) is 0 Å². The van der Waals surface area contributed by atoms with Gasteiger partial charge < -0.3 is 10.2 Å². The molecule has 0 fully saturated rings. The summed E-state index contributed by atoms with van der Waals surface area (Å²) >= 11 is 3.52. The van der Waals surface area contributed by atoms with Crippen LogP contribution in [0.5, 0.6) is 0 Å².